The summed E-state index contributed by atoms with van der Waals surface area (Å²) in [5, 5.41) is 19.8. The second kappa shape index (κ2) is 5.25. The minimum Gasteiger partial charge on any atom is -0.385 e. The van der Waals surface area contributed by atoms with Gasteiger partial charge in [0, 0.05) is 0 Å². The number of benzene rings is 2. The second-order valence-corrected chi connectivity index (χ2v) is 4.00. The molecule has 18 heavy (non-hydrogen) atoms. The molecule has 0 heterocycles. The van der Waals surface area contributed by atoms with Gasteiger partial charge in [-0.05, 0) is 35.4 Å². The molecule has 94 valence electrons. The molecule has 0 bridgehead atoms. The van der Waals surface area contributed by atoms with Crippen LogP contribution in [0.25, 0.3) is 0 Å². The minimum absolute atomic E-state index is 0.242. The highest BCUT2D eigenvalue weighted by Crippen LogP contribution is 2.29. The van der Waals surface area contributed by atoms with Crippen molar-refractivity contribution in [1.29, 1.82) is 0 Å². The fourth-order valence-corrected chi connectivity index (χ4v) is 1.75. The van der Waals surface area contributed by atoms with Gasteiger partial charge in [0.1, 0.15) is 23.8 Å². The Hall–Kier alpha value is -1.78. The van der Waals surface area contributed by atoms with Crippen LogP contribution in [0, 0.1) is 11.6 Å². The quantitative estimate of drug-likeness (QED) is 0.879. The SMILES string of the molecule is O[C@H](c1cccc(F)c1)[C@H](O)c1cccc(F)c1. The molecule has 0 amide bonds. The van der Waals surface area contributed by atoms with E-state index in [1.165, 1.54) is 36.4 Å². The van der Waals surface area contributed by atoms with Gasteiger partial charge in [-0.2, -0.15) is 0 Å². The van der Waals surface area contributed by atoms with Gasteiger partial charge in [0.15, 0.2) is 0 Å². The summed E-state index contributed by atoms with van der Waals surface area (Å²) < 4.78 is 26.0. The fraction of sp³-hybridized carbons (Fsp3) is 0.143. The van der Waals surface area contributed by atoms with E-state index in [1.54, 1.807) is 0 Å². The van der Waals surface area contributed by atoms with Gasteiger partial charge in [0.2, 0.25) is 0 Å². The molecule has 2 nitrogen and oxygen atoms in total. The fourth-order valence-electron chi connectivity index (χ4n) is 1.75. The third-order valence-electron chi connectivity index (χ3n) is 2.68. The predicted molar refractivity (Wildman–Crippen MR) is 62.7 cm³/mol. The van der Waals surface area contributed by atoms with E-state index in [9.17, 15) is 19.0 Å². The van der Waals surface area contributed by atoms with Gasteiger partial charge < -0.3 is 10.2 Å². The number of aliphatic hydroxyl groups excluding tert-OH is 2. The molecule has 0 aliphatic heterocycles. The van der Waals surface area contributed by atoms with Crippen LogP contribution in [0.3, 0.4) is 0 Å². The molecule has 2 N–H and O–H groups in total. The Morgan fingerprint density at radius 2 is 1.11 bits per heavy atom. The van der Waals surface area contributed by atoms with E-state index in [-0.39, 0.29) is 11.1 Å². The average molecular weight is 250 g/mol. The predicted octanol–water partition coefficient (Wildman–Crippen LogP) is 2.73. The zero-order valence-electron chi connectivity index (χ0n) is 9.42. The van der Waals surface area contributed by atoms with Crippen molar-refractivity contribution in [2.45, 2.75) is 12.2 Å². The van der Waals surface area contributed by atoms with E-state index in [4.69, 9.17) is 0 Å². The standard InChI is InChI=1S/C14H12F2O2/c15-11-5-1-3-9(7-11)13(17)14(18)10-4-2-6-12(16)8-10/h1-8,13-14,17-18H/t13-,14-/m1/s1. The zero-order valence-corrected chi connectivity index (χ0v) is 9.42. The Kier molecular flexibility index (Phi) is 3.69. The molecule has 0 spiro atoms. The lowest BCUT2D eigenvalue weighted by atomic mass is 9.98. The van der Waals surface area contributed by atoms with Gasteiger partial charge in [-0.25, -0.2) is 8.78 Å². The smallest absolute Gasteiger partial charge is 0.123 e. The summed E-state index contributed by atoms with van der Waals surface area (Å²) in [4.78, 5) is 0. The molecule has 0 aliphatic carbocycles. The Labute approximate surface area is 103 Å². The molecule has 0 saturated carbocycles. The van der Waals surface area contributed by atoms with Crippen LogP contribution in [-0.4, -0.2) is 10.2 Å². The lowest BCUT2D eigenvalue weighted by molar-refractivity contribution is 0.0169. The maximum absolute atomic E-state index is 13.0. The van der Waals surface area contributed by atoms with E-state index in [0.717, 1.165) is 12.1 Å². The van der Waals surface area contributed by atoms with Gasteiger partial charge in [-0.15, -0.1) is 0 Å². The molecule has 0 fully saturated rings. The first-order valence-electron chi connectivity index (χ1n) is 5.45. The summed E-state index contributed by atoms with van der Waals surface area (Å²) in [5.41, 5.74) is 0.485. The highest BCUT2D eigenvalue weighted by molar-refractivity contribution is 5.25. The largest absolute Gasteiger partial charge is 0.385 e. The molecule has 4 heteroatoms. The van der Waals surface area contributed by atoms with Gasteiger partial charge in [-0.3, -0.25) is 0 Å². The number of rotatable bonds is 3. The van der Waals surface area contributed by atoms with E-state index < -0.39 is 23.8 Å². The van der Waals surface area contributed by atoms with Gasteiger partial charge in [0.05, 0.1) is 0 Å². The highest BCUT2D eigenvalue weighted by atomic mass is 19.1. The summed E-state index contributed by atoms with van der Waals surface area (Å²) in [6.45, 7) is 0. The van der Waals surface area contributed by atoms with Gasteiger partial charge >= 0.3 is 0 Å². The Bertz CT molecular complexity index is 493. The van der Waals surface area contributed by atoms with Crippen LogP contribution in [0.5, 0.6) is 0 Å². The molecule has 0 saturated heterocycles. The van der Waals surface area contributed by atoms with Crippen LogP contribution in [-0.2, 0) is 0 Å². The van der Waals surface area contributed by atoms with Crippen molar-refractivity contribution in [1.82, 2.24) is 0 Å². The van der Waals surface area contributed by atoms with E-state index in [0.29, 0.717) is 0 Å². The van der Waals surface area contributed by atoms with E-state index in [2.05, 4.69) is 0 Å². The lowest BCUT2D eigenvalue weighted by Gasteiger charge is -2.18. The van der Waals surface area contributed by atoms with Gasteiger partial charge in [-0.1, -0.05) is 24.3 Å². The third-order valence-corrected chi connectivity index (χ3v) is 2.68. The molecule has 2 rings (SSSR count). The van der Waals surface area contributed by atoms with E-state index in [1.807, 2.05) is 0 Å². The summed E-state index contributed by atoms with van der Waals surface area (Å²) >= 11 is 0. The number of hydrogen-bond acceptors (Lipinski definition) is 2. The molecule has 0 radical (unpaired) electrons. The van der Waals surface area contributed by atoms with Crippen LogP contribution < -0.4 is 0 Å². The monoisotopic (exact) mass is 250 g/mol. The first-order chi connectivity index (χ1) is 8.58. The maximum Gasteiger partial charge on any atom is 0.123 e. The first-order valence-corrected chi connectivity index (χ1v) is 5.45. The molecule has 2 aromatic rings. The summed E-state index contributed by atoms with van der Waals surface area (Å²) in [6, 6.07) is 10.6. The van der Waals surface area contributed by atoms with Crippen LogP contribution >= 0.6 is 0 Å². The number of hydrogen-bond donors (Lipinski definition) is 2. The van der Waals surface area contributed by atoms with Crippen molar-refractivity contribution >= 4 is 0 Å². The van der Waals surface area contributed by atoms with Crippen molar-refractivity contribution in [3.63, 3.8) is 0 Å². The van der Waals surface area contributed by atoms with Crippen molar-refractivity contribution in [3.8, 4) is 0 Å². The second-order valence-electron chi connectivity index (χ2n) is 4.00. The van der Waals surface area contributed by atoms with Crippen molar-refractivity contribution in [2.75, 3.05) is 0 Å². The molecular formula is C14H12F2O2. The van der Waals surface area contributed by atoms with Crippen LogP contribution in [0.4, 0.5) is 8.78 Å². The molecule has 0 aliphatic rings. The van der Waals surface area contributed by atoms with Crippen molar-refractivity contribution < 1.29 is 19.0 Å². The molecule has 0 aromatic heterocycles. The van der Waals surface area contributed by atoms with Crippen LogP contribution in [0.2, 0.25) is 0 Å². The topological polar surface area (TPSA) is 40.5 Å². The molecular weight excluding hydrogens is 238 g/mol. The van der Waals surface area contributed by atoms with Crippen LogP contribution in [0.15, 0.2) is 48.5 Å². The molecule has 2 atom stereocenters. The Morgan fingerprint density at radius 1 is 0.722 bits per heavy atom. The summed E-state index contributed by atoms with van der Waals surface area (Å²) in [5.74, 6) is -1.00. The lowest BCUT2D eigenvalue weighted by Crippen LogP contribution is -2.10. The van der Waals surface area contributed by atoms with E-state index >= 15 is 0 Å². The Morgan fingerprint density at radius 3 is 1.44 bits per heavy atom. The number of halogens is 2. The van der Waals surface area contributed by atoms with Crippen molar-refractivity contribution in [2.24, 2.45) is 0 Å². The summed E-state index contributed by atoms with van der Waals surface area (Å²) in [6.07, 6.45) is -2.61. The zero-order chi connectivity index (χ0) is 13.1. The third kappa shape index (κ3) is 2.72. The average Bonchev–Trinajstić information content (AvgIpc) is 2.37. The summed E-state index contributed by atoms with van der Waals surface area (Å²) in [7, 11) is 0. The first kappa shape index (κ1) is 12.7. The highest BCUT2D eigenvalue weighted by Gasteiger charge is 2.20. The Balaban J connectivity index is 2.26. The van der Waals surface area contributed by atoms with Crippen LogP contribution in [0.1, 0.15) is 23.3 Å². The van der Waals surface area contributed by atoms with Gasteiger partial charge in [0.25, 0.3) is 0 Å². The minimum atomic E-state index is -1.30. The van der Waals surface area contributed by atoms with Crippen molar-refractivity contribution in [3.05, 3.63) is 71.3 Å². The maximum atomic E-state index is 13.0. The normalized spacial score (nSPS) is 14.2. The molecule has 2 aromatic carbocycles. The number of aliphatic hydroxyl groups is 2. The molecule has 0 unspecified atom stereocenters.